The van der Waals surface area contributed by atoms with Gasteiger partial charge in [-0.1, -0.05) is 45.3 Å². The van der Waals surface area contributed by atoms with Gasteiger partial charge >= 0.3 is 0 Å². The lowest BCUT2D eigenvalue weighted by Gasteiger charge is -2.29. The fraction of sp³-hybridized carbons (Fsp3) is 1.00. The Morgan fingerprint density at radius 2 is 2.00 bits per heavy atom. The van der Waals surface area contributed by atoms with E-state index in [1.54, 1.807) is 0 Å². The van der Waals surface area contributed by atoms with Gasteiger partial charge in [-0.2, -0.15) is 11.8 Å². The van der Waals surface area contributed by atoms with Crippen LogP contribution in [0.5, 0.6) is 0 Å². The van der Waals surface area contributed by atoms with Gasteiger partial charge in [0.2, 0.25) is 0 Å². The Bertz CT molecular complexity index is 182. The Morgan fingerprint density at radius 1 is 1.25 bits per heavy atom. The van der Waals surface area contributed by atoms with E-state index in [9.17, 15) is 0 Å². The van der Waals surface area contributed by atoms with Gasteiger partial charge in [0, 0.05) is 5.25 Å². The predicted molar refractivity (Wildman–Crippen MR) is 77.5 cm³/mol. The molecule has 0 nitrogen and oxygen atoms in total. The molecule has 0 spiro atoms. The molecule has 16 heavy (non-hydrogen) atoms. The standard InChI is InChI=1S/C14H27BS/c1-11(2)7-8-14(16-3)10-12-5-4-6-13(15)9-12/h11-14H,4-10H2,1-3H3. The molecule has 1 saturated carbocycles. The third kappa shape index (κ3) is 5.66. The minimum atomic E-state index is 0.492. The van der Waals surface area contributed by atoms with Crippen molar-refractivity contribution in [2.75, 3.05) is 6.26 Å². The van der Waals surface area contributed by atoms with Crippen molar-refractivity contribution in [2.24, 2.45) is 11.8 Å². The maximum Gasteiger partial charge on any atom is 0.0699 e. The van der Waals surface area contributed by atoms with Gasteiger partial charge in [0.05, 0.1) is 7.85 Å². The van der Waals surface area contributed by atoms with Crippen molar-refractivity contribution in [1.82, 2.24) is 0 Å². The lowest BCUT2D eigenvalue weighted by Crippen LogP contribution is -2.17. The molecular formula is C14H27BS. The summed E-state index contributed by atoms with van der Waals surface area (Å²) in [6.45, 7) is 4.65. The van der Waals surface area contributed by atoms with Crippen LogP contribution in [0, 0.1) is 11.8 Å². The van der Waals surface area contributed by atoms with E-state index in [4.69, 9.17) is 7.85 Å². The molecule has 92 valence electrons. The van der Waals surface area contributed by atoms with Crippen LogP contribution < -0.4 is 0 Å². The summed E-state index contributed by atoms with van der Waals surface area (Å²) in [5, 5.41) is 0.873. The van der Waals surface area contributed by atoms with Crippen molar-refractivity contribution in [2.45, 2.75) is 69.9 Å². The SMILES string of the molecule is [B]C1CCCC(CC(CCC(C)C)SC)C1. The molecule has 1 aliphatic rings. The zero-order valence-electron chi connectivity index (χ0n) is 11.2. The van der Waals surface area contributed by atoms with Crippen molar-refractivity contribution in [3.05, 3.63) is 0 Å². The van der Waals surface area contributed by atoms with E-state index < -0.39 is 0 Å². The first-order chi connectivity index (χ1) is 7.61. The van der Waals surface area contributed by atoms with Gasteiger partial charge < -0.3 is 0 Å². The van der Waals surface area contributed by atoms with Crippen molar-refractivity contribution in [3.8, 4) is 0 Å². The van der Waals surface area contributed by atoms with Crippen molar-refractivity contribution in [1.29, 1.82) is 0 Å². The van der Waals surface area contributed by atoms with E-state index in [1.807, 2.05) is 0 Å². The second kappa shape index (κ2) is 7.69. The molecule has 0 saturated heterocycles. The molecule has 1 aliphatic carbocycles. The zero-order valence-corrected chi connectivity index (χ0v) is 12.1. The highest BCUT2D eigenvalue weighted by molar-refractivity contribution is 7.99. The fourth-order valence-corrected chi connectivity index (χ4v) is 3.61. The normalized spacial score (nSPS) is 28.2. The van der Waals surface area contributed by atoms with Gasteiger partial charge in [-0.3, -0.25) is 0 Å². The van der Waals surface area contributed by atoms with Crippen LogP contribution in [-0.2, 0) is 0 Å². The highest BCUT2D eigenvalue weighted by atomic mass is 32.2. The maximum absolute atomic E-state index is 6.06. The Kier molecular flexibility index (Phi) is 6.95. The molecule has 0 N–H and O–H groups in total. The van der Waals surface area contributed by atoms with Crippen LogP contribution in [0.25, 0.3) is 0 Å². The van der Waals surface area contributed by atoms with E-state index in [-0.39, 0.29) is 0 Å². The lowest BCUT2D eigenvalue weighted by atomic mass is 9.70. The van der Waals surface area contributed by atoms with Gasteiger partial charge in [0.15, 0.2) is 0 Å². The molecule has 0 heterocycles. The van der Waals surface area contributed by atoms with Gasteiger partial charge in [-0.15, -0.1) is 0 Å². The summed E-state index contributed by atoms with van der Waals surface area (Å²) < 4.78 is 0. The predicted octanol–water partition coefficient (Wildman–Crippen LogP) is 4.69. The summed E-state index contributed by atoms with van der Waals surface area (Å²) in [4.78, 5) is 0. The van der Waals surface area contributed by atoms with Gasteiger partial charge in [-0.25, -0.2) is 0 Å². The summed E-state index contributed by atoms with van der Waals surface area (Å²) in [5.41, 5.74) is 0. The molecule has 0 aromatic carbocycles. The first kappa shape index (κ1) is 14.5. The third-order valence-electron chi connectivity index (χ3n) is 3.82. The van der Waals surface area contributed by atoms with Crippen LogP contribution >= 0.6 is 11.8 Å². The van der Waals surface area contributed by atoms with Crippen LogP contribution in [0.1, 0.15) is 58.8 Å². The van der Waals surface area contributed by atoms with E-state index in [2.05, 4.69) is 31.9 Å². The van der Waals surface area contributed by atoms with Crippen LogP contribution in [-0.4, -0.2) is 19.4 Å². The Hall–Kier alpha value is 0.415. The molecule has 0 aliphatic heterocycles. The van der Waals surface area contributed by atoms with E-state index in [1.165, 1.54) is 44.9 Å². The van der Waals surface area contributed by atoms with E-state index >= 15 is 0 Å². The summed E-state index contributed by atoms with van der Waals surface area (Å²) in [6, 6.07) is 0. The summed E-state index contributed by atoms with van der Waals surface area (Å²) >= 11 is 2.07. The third-order valence-corrected chi connectivity index (χ3v) is 4.91. The minimum absolute atomic E-state index is 0.492. The van der Waals surface area contributed by atoms with Crippen molar-refractivity contribution >= 4 is 19.6 Å². The topological polar surface area (TPSA) is 0 Å². The molecule has 0 amide bonds. The Balaban J connectivity index is 2.25. The highest BCUT2D eigenvalue weighted by Gasteiger charge is 2.21. The molecule has 1 rings (SSSR count). The molecule has 2 radical (unpaired) electrons. The second-order valence-corrected chi connectivity index (χ2v) is 7.00. The van der Waals surface area contributed by atoms with Crippen LogP contribution in [0.4, 0.5) is 0 Å². The zero-order chi connectivity index (χ0) is 12.0. The second-order valence-electron chi connectivity index (χ2n) is 5.86. The maximum atomic E-state index is 6.06. The van der Waals surface area contributed by atoms with Gasteiger partial charge in [0.25, 0.3) is 0 Å². The van der Waals surface area contributed by atoms with Crippen molar-refractivity contribution < 1.29 is 0 Å². The highest BCUT2D eigenvalue weighted by Crippen LogP contribution is 2.36. The van der Waals surface area contributed by atoms with Crippen molar-refractivity contribution in [3.63, 3.8) is 0 Å². The number of hydrogen-bond acceptors (Lipinski definition) is 1. The largest absolute Gasteiger partial charge is 0.162 e. The Morgan fingerprint density at radius 3 is 2.56 bits per heavy atom. The molecular weight excluding hydrogens is 211 g/mol. The summed E-state index contributed by atoms with van der Waals surface area (Å²) in [6.07, 6.45) is 11.8. The van der Waals surface area contributed by atoms with E-state index in [0.717, 1.165) is 17.1 Å². The lowest BCUT2D eigenvalue weighted by molar-refractivity contribution is 0.330. The van der Waals surface area contributed by atoms with Crippen LogP contribution in [0.2, 0.25) is 5.82 Å². The first-order valence-corrected chi connectivity index (χ1v) is 8.19. The first-order valence-electron chi connectivity index (χ1n) is 6.90. The van der Waals surface area contributed by atoms with Crippen LogP contribution in [0.3, 0.4) is 0 Å². The quantitative estimate of drug-likeness (QED) is 0.605. The molecule has 2 heteroatoms. The molecule has 1 fully saturated rings. The smallest absolute Gasteiger partial charge is 0.0699 e. The minimum Gasteiger partial charge on any atom is -0.162 e. The Labute approximate surface area is 108 Å². The number of thioether (sulfide) groups is 1. The molecule has 0 aromatic rings. The number of hydrogen-bond donors (Lipinski definition) is 0. The van der Waals surface area contributed by atoms with E-state index in [0.29, 0.717) is 5.82 Å². The summed E-state index contributed by atoms with van der Waals surface area (Å²) in [5.74, 6) is 2.25. The number of rotatable bonds is 6. The molecule has 3 atom stereocenters. The molecule has 0 bridgehead atoms. The van der Waals surface area contributed by atoms with Gasteiger partial charge in [0.1, 0.15) is 0 Å². The monoisotopic (exact) mass is 238 g/mol. The van der Waals surface area contributed by atoms with Crippen LogP contribution in [0.15, 0.2) is 0 Å². The molecule has 3 unspecified atom stereocenters. The average Bonchev–Trinajstić information content (AvgIpc) is 2.24. The molecule has 0 aromatic heterocycles. The fourth-order valence-electron chi connectivity index (χ4n) is 2.77. The van der Waals surface area contributed by atoms with Gasteiger partial charge in [-0.05, 0) is 37.4 Å². The average molecular weight is 238 g/mol. The summed E-state index contributed by atoms with van der Waals surface area (Å²) in [7, 11) is 6.06.